The molecule has 0 saturated carbocycles. The highest BCUT2D eigenvalue weighted by Gasteiger charge is 2.11. The molecule has 0 bridgehead atoms. The second kappa shape index (κ2) is 4.92. The third-order valence-corrected chi connectivity index (χ3v) is 4.27. The van der Waals surface area contributed by atoms with Gasteiger partial charge < -0.3 is 5.32 Å². The van der Waals surface area contributed by atoms with Crippen molar-refractivity contribution in [3.05, 3.63) is 44.8 Å². The van der Waals surface area contributed by atoms with E-state index in [1.54, 1.807) is 11.3 Å². The van der Waals surface area contributed by atoms with Crippen LogP contribution < -0.4 is 5.32 Å². The maximum absolute atomic E-state index is 3.60. The standard InChI is InChI=1S/C12H15NS2/c1-9(11-5-7-14-8-11)13-10(2)12-4-3-6-15-12/h3-10,13H,1-2H3/t9?,10-/m0/s1. The largest absolute Gasteiger partial charge is 0.303 e. The van der Waals surface area contributed by atoms with Gasteiger partial charge in [-0.2, -0.15) is 11.3 Å². The van der Waals surface area contributed by atoms with Crippen molar-refractivity contribution in [3.63, 3.8) is 0 Å². The zero-order chi connectivity index (χ0) is 10.7. The summed E-state index contributed by atoms with van der Waals surface area (Å²) in [4.78, 5) is 1.40. The monoisotopic (exact) mass is 237 g/mol. The van der Waals surface area contributed by atoms with Gasteiger partial charge in [-0.25, -0.2) is 0 Å². The Kier molecular flexibility index (Phi) is 3.57. The first kappa shape index (κ1) is 10.9. The minimum atomic E-state index is 0.424. The van der Waals surface area contributed by atoms with Crippen LogP contribution in [0.25, 0.3) is 0 Å². The Labute approximate surface area is 98.8 Å². The zero-order valence-electron chi connectivity index (χ0n) is 8.94. The number of hydrogen-bond acceptors (Lipinski definition) is 3. The van der Waals surface area contributed by atoms with Crippen LogP contribution in [0.15, 0.2) is 34.3 Å². The molecule has 1 unspecified atom stereocenters. The van der Waals surface area contributed by atoms with Gasteiger partial charge in [-0.1, -0.05) is 6.07 Å². The van der Waals surface area contributed by atoms with Gasteiger partial charge >= 0.3 is 0 Å². The van der Waals surface area contributed by atoms with Crippen LogP contribution in [-0.4, -0.2) is 0 Å². The smallest absolute Gasteiger partial charge is 0.0391 e. The van der Waals surface area contributed by atoms with Crippen LogP contribution in [0.1, 0.15) is 36.4 Å². The van der Waals surface area contributed by atoms with Crippen LogP contribution in [0.3, 0.4) is 0 Å². The number of hydrogen-bond donors (Lipinski definition) is 1. The first-order valence-electron chi connectivity index (χ1n) is 5.09. The SMILES string of the molecule is CC(N[C@@H](C)c1cccs1)c1ccsc1. The van der Waals surface area contributed by atoms with E-state index in [-0.39, 0.29) is 0 Å². The Hall–Kier alpha value is -0.640. The van der Waals surface area contributed by atoms with Crippen molar-refractivity contribution in [3.8, 4) is 0 Å². The van der Waals surface area contributed by atoms with Crippen LogP contribution in [0.2, 0.25) is 0 Å². The van der Waals surface area contributed by atoms with Gasteiger partial charge in [0.1, 0.15) is 0 Å². The van der Waals surface area contributed by atoms with Gasteiger partial charge in [0, 0.05) is 17.0 Å². The topological polar surface area (TPSA) is 12.0 Å². The molecule has 0 radical (unpaired) electrons. The second-order valence-electron chi connectivity index (χ2n) is 3.68. The van der Waals surface area contributed by atoms with Gasteiger partial charge in [-0.15, -0.1) is 11.3 Å². The molecule has 0 amide bonds. The lowest BCUT2D eigenvalue weighted by molar-refractivity contribution is 0.501. The van der Waals surface area contributed by atoms with Gasteiger partial charge in [0.05, 0.1) is 0 Å². The molecule has 3 heteroatoms. The molecule has 2 heterocycles. The third kappa shape index (κ3) is 2.68. The van der Waals surface area contributed by atoms with Crippen molar-refractivity contribution in [2.45, 2.75) is 25.9 Å². The van der Waals surface area contributed by atoms with E-state index >= 15 is 0 Å². The molecule has 0 spiro atoms. The fourth-order valence-corrected chi connectivity index (χ4v) is 3.11. The quantitative estimate of drug-likeness (QED) is 0.839. The number of thiophene rings is 2. The predicted molar refractivity (Wildman–Crippen MR) is 68.6 cm³/mol. The lowest BCUT2D eigenvalue weighted by Crippen LogP contribution is -2.21. The summed E-state index contributed by atoms with van der Waals surface area (Å²) in [6, 6.07) is 7.33. The molecular formula is C12H15NS2. The van der Waals surface area contributed by atoms with Crippen molar-refractivity contribution >= 4 is 22.7 Å². The van der Waals surface area contributed by atoms with E-state index in [4.69, 9.17) is 0 Å². The fourth-order valence-electron chi connectivity index (χ4n) is 1.61. The number of nitrogens with one attached hydrogen (secondary N) is 1. The van der Waals surface area contributed by atoms with E-state index in [1.165, 1.54) is 10.4 Å². The predicted octanol–water partition coefficient (Wildman–Crippen LogP) is 4.22. The fraction of sp³-hybridized carbons (Fsp3) is 0.333. The Morgan fingerprint density at radius 3 is 2.60 bits per heavy atom. The van der Waals surface area contributed by atoms with Gasteiger partial charge in [-0.05, 0) is 47.7 Å². The Morgan fingerprint density at radius 1 is 1.13 bits per heavy atom. The zero-order valence-corrected chi connectivity index (χ0v) is 10.6. The summed E-state index contributed by atoms with van der Waals surface area (Å²) < 4.78 is 0. The molecule has 80 valence electrons. The second-order valence-corrected chi connectivity index (χ2v) is 5.44. The van der Waals surface area contributed by atoms with Crippen LogP contribution >= 0.6 is 22.7 Å². The summed E-state index contributed by atoms with van der Waals surface area (Å²) in [7, 11) is 0. The lowest BCUT2D eigenvalue weighted by atomic mass is 10.1. The highest BCUT2D eigenvalue weighted by atomic mass is 32.1. The van der Waals surface area contributed by atoms with Crippen molar-refractivity contribution < 1.29 is 0 Å². The van der Waals surface area contributed by atoms with Gasteiger partial charge in [0.2, 0.25) is 0 Å². The molecule has 2 aromatic rings. The summed E-state index contributed by atoms with van der Waals surface area (Å²) in [5.41, 5.74) is 1.38. The molecule has 0 fully saturated rings. The van der Waals surface area contributed by atoms with Crippen molar-refractivity contribution in [1.29, 1.82) is 0 Å². The summed E-state index contributed by atoms with van der Waals surface area (Å²) in [5.74, 6) is 0. The van der Waals surface area contributed by atoms with Crippen molar-refractivity contribution in [1.82, 2.24) is 5.32 Å². The van der Waals surface area contributed by atoms with Crippen molar-refractivity contribution in [2.75, 3.05) is 0 Å². The first-order valence-corrected chi connectivity index (χ1v) is 6.91. The molecule has 0 aliphatic carbocycles. The minimum Gasteiger partial charge on any atom is -0.303 e. The van der Waals surface area contributed by atoms with Crippen LogP contribution in [0, 0.1) is 0 Å². The molecule has 2 atom stereocenters. The first-order chi connectivity index (χ1) is 7.27. The maximum Gasteiger partial charge on any atom is 0.0391 e. The van der Waals surface area contributed by atoms with Crippen LogP contribution in [-0.2, 0) is 0 Å². The van der Waals surface area contributed by atoms with E-state index in [9.17, 15) is 0 Å². The average Bonchev–Trinajstić information content (AvgIpc) is 2.91. The lowest BCUT2D eigenvalue weighted by Gasteiger charge is -2.18. The van der Waals surface area contributed by atoms with Crippen molar-refractivity contribution in [2.24, 2.45) is 0 Å². The normalized spacial score (nSPS) is 15.1. The maximum atomic E-state index is 3.60. The molecule has 2 rings (SSSR count). The van der Waals surface area contributed by atoms with E-state index in [2.05, 4.69) is 53.5 Å². The van der Waals surface area contributed by atoms with E-state index in [0.29, 0.717) is 12.1 Å². The summed E-state index contributed by atoms with van der Waals surface area (Å²) in [5, 5.41) is 10.1. The summed E-state index contributed by atoms with van der Waals surface area (Å²) >= 11 is 3.57. The molecule has 0 aliphatic heterocycles. The molecule has 1 N–H and O–H groups in total. The molecule has 0 aromatic carbocycles. The molecule has 2 aromatic heterocycles. The Bertz CT molecular complexity index is 339. The van der Waals surface area contributed by atoms with Gasteiger partial charge in [0.25, 0.3) is 0 Å². The molecule has 0 saturated heterocycles. The van der Waals surface area contributed by atoms with Gasteiger partial charge in [0.15, 0.2) is 0 Å². The molecule has 15 heavy (non-hydrogen) atoms. The average molecular weight is 237 g/mol. The minimum absolute atomic E-state index is 0.424. The molecule has 0 aliphatic rings. The highest BCUT2D eigenvalue weighted by Crippen LogP contribution is 2.23. The highest BCUT2D eigenvalue weighted by molar-refractivity contribution is 7.10. The van der Waals surface area contributed by atoms with E-state index in [1.807, 2.05) is 11.3 Å². The van der Waals surface area contributed by atoms with E-state index < -0.39 is 0 Å². The Balaban J connectivity index is 1.98. The van der Waals surface area contributed by atoms with Crippen LogP contribution in [0.5, 0.6) is 0 Å². The number of rotatable bonds is 4. The van der Waals surface area contributed by atoms with Gasteiger partial charge in [-0.3, -0.25) is 0 Å². The van der Waals surface area contributed by atoms with E-state index in [0.717, 1.165) is 0 Å². The summed E-state index contributed by atoms with van der Waals surface area (Å²) in [6.07, 6.45) is 0. The summed E-state index contributed by atoms with van der Waals surface area (Å²) in [6.45, 7) is 4.43. The third-order valence-electron chi connectivity index (χ3n) is 2.51. The van der Waals surface area contributed by atoms with Crippen LogP contribution in [0.4, 0.5) is 0 Å². The Morgan fingerprint density at radius 2 is 2.00 bits per heavy atom. The molecule has 1 nitrogen and oxygen atoms in total. The molecular weight excluding hydrogens is 222 g/mol.